The van der Waals surface area contributed by atoms with Crippen molar-refractivity contribution in [2.24, 2.45) is 0 Å². The van der Waals surface area contributed by atoms with Gasteiger partial charge in [-0.3, -0.25) is 0 Å². The number of ether oxygens (including phenoxy) is 1. The summed E-state index contributed by atoms with van der Waals surface area (Å²) in [7, 11) is -3.52. The van der Waals surface area contributed by atoms with Gasteiger partial charge in [0.05, 0.1) is 18.5 Å². The van der Waals surface area contributed by atoms with E-state index in [-0.39, 0.29) is 11.2 Å². The molecule has 0 saturated carbocycles. The molecule has 1 aromatic heterocycles. The van der Waals surface area contributed by atoms with E-state index in [2.05, 4.69) is 15.5 Å². The van der Waals surface area contributed by atoms with Crippen LogP contribution in [0.4, 0.5) is 6.01 Å². The van der Waals surface area contributed by atoms with Gasteiger partial charge < -0.3 is 19.4 Å². The maximum atomic E-state index is 12.4. The van der Waals surface area contributed by atoms with Crippen LogP contribution in [0.25, 0.3) is 0 Å². The van der Waals surface area contributed by atoms with E-state index in [1.165, 1.54) is 0 Å². The van der Waals surface area contributed by atoms with Crippen molar-refractivity contribution in [3.63, 3.8) is 0 Å². The molecule has 0 radical (unpaired) electrons. The van der Waals surface area contributed by atoms with Crippen molar-refractivity contribution in [1.29, 1.82) is 0 Å². The minimum atomic E-state index is -3.52. The number of hydrogen-bond donors (Lipinski definition) is 1. The smallest absolute Gasteiger partial charge is 0.337 e. The molecule has 3 rings (SSSR count). The van der Waals surface area contributed by atoms with E-state index in [9.17, 15) is 8.42 Å². The van der Waals surface area contributed by atoms with Crippen molar-refractivity contribution in [3.8, 4) is 0 Å². The Balaban J connectivity index is 1.78. The molecule has 2 saturated heterocycles. The van der Waals surface area contributed by atoms with E-state index in [1.54, 1.807) is 0 Å². The Morgan fingerprint density at radius 1 is 1.15 bits per heavy atom. The van der Waals surface area contributed by atoms with Crippen molar-refractivity contribution in [2.75, 3.05) is 44.3 Å². The molecule has 20 heavy (non-hydrogen) atoms. The van der Waals surface area contributed by atoms with Crippen molar-refractivity contribution in [1.82, 2.24) is 15.5 Å². The van der Waals surface area contributed by atoms with Crippen LogP contribution in [0, 0.1) is 0 Å². The number of morpholine rings is 1. The van der Waals surface area contributed by atoms with Gasteiger partial charge in [-0.25, -0.2) is 8.42 Å². The lowest BCUT2D eigenvalue weighted by molar-refractivity contribution is 0.120. The van der Waals surface area contributed by atoms with Gasteiger partial charge in [0.1, 0.15) is 0 Å². The first-order valence-corrected chi connectivity index (χ1v) is 8.33. The predicted octanol–water partition coefficient (Wildman–Crippen LogP) is -0.568. The summed E-state index contributed by atoms with van der Waals surface area (Å²) < 4.78 is 35.4. The van der Waals surface area contributed by atoms with Crippen molar-refractivity contribution in [3.05, 3.63) is 0 Å². The summed E-state index contributed by atoms with van der Waals surface area (Å²) in [5.41, 5.74) is 0. The largest absolute Gasteiger partial charge is 0.394 e. The van der Waals surface area contributed by atoms with Gasteiger partial charge in [-0.05, 0) is 25.9 Å². The number of nitrogens with one attached hydrogen (secondary N) is 1. The van der Waals surface area contributed by atoms with E-state index in [4.69, 9.17) is 9.15 Å². The summed E-state index contributed by atoms with van der Waals surface area (Å²) in [6.07, 6.45) is 1.16. The molecule has 0 bridgehead atoms. The van der Waals surface area contributed by atoms with E-state index >= 15 is 0 Å². The highest BCUT2D eigenvalue weighted by Gasteiger charge is 2.34. The number of piperidine rings is 1. The Kier molecular flexibility index (Phi) is 3.90. The first-order chi connectivity index (χ1) is 9.68. The topological polar surface area (TPSA) is 97.6 Å². The van der Waals surface area contributed by atoms with Gasteiger partial charge >= 0.3 is 11.2 Å². The third kappa shape index (κ3) is 2.65. The summed E-state index contributed by atoms with van der Waals surface area (Å²) in [6.45, 7) is 3.84. The molecule has 112 valence electrons. The summed E-state index contributed by atoms with van der Waals surface area (Å²) >= 11 is 0. The molecule has 9 heteroatoms. The highest BCUT2D eigenvalue weighted by atomic mass is 32.2. The van der Waals surface area contributed by atoms with E-state index < -0.39 is 15.1 Å². The molecule has 2 aliphatic rings. The van der Waals surface area contributed by atoms with Crippen molar-refractivity contribution >= 4 is 15.9 Å². The zero-order valence-corrected chi connectivity index (χ0v) is 11.9. The van der Waals surface area contributed by atoms with E-state index in [0.29, 0.717) is 52.2 Å². The zero-order valence-electron chi connectivity index (χ0n) is 11.1. The summed E-state index contributed by atoms with van der Waals surface area (Å²) in [5.74, 6) is 0. The van der Waals surface area contributed by atoms with Crippen LogP contribution in [0.5, 0.6) is 0 Å². The van der Waals surface area contributed by atoms with Crippen LogP contribution in [-0.4, -0.2) is 63.3 Å². The average Bonchev–Trinajstić information content (AvgIpc) is 3.00. The maximum absolute atomic E-state index is 12.4. The molecular weight excluding hydrogens is 284 g/mol. The Morgan fingerprint density at radius 2 is 1.85 bits per heavy atom. The lowest BCUT2D eigenvalue weighted by Gasteiger charge is -2.24. The fraction of sp³-hybridized carbons (Fsp3) is 0.818. The SMILES string of the molecule is O=S(=O)(c1nnc(N2CCOCC2)o1)C1CCNCC1. The average molecular weight is 302 g/mol. The molecule has 2 fully saturated rings. The van der Waals surface area contributed by atoms with E-state index in [0.717, 1.165) is 0 Å². The number of anilines is 1. The molecule has 1 aromatic rings. The number of nitrogens with zero attached hydrogens (tertiary/aromatic N) is 3. The molecule has 0 spiro atoms. The molecule has 3 heterocycles. The van der Waals surface area contributed by atoms with Crippen LogP contribution in [0.1, 0.15) is 12.8 Å². The fourth-order valence-electron chi connectivity index (χ4n) is 2.45. The van der Waals surface area contributed by atoms with Gasteiger partial charge in [0, 0.05) is 13.1 Å². The third-order valence-corrected chi connectivity index (χ3v) is 5.65. The van der Waals surface area contributed by atoms with Gasteiger partial charge in [-0.15, -0.1) is 0 Å². The van der Waals surface area contributed by atoms with E-state index in [1.807, 2.05) is 4.90 Å². The van der Waals surface area contributed by atoms with Gasteiger partial charge in [-0.2, -0.15) is 0 Å². The highest BCUT2D eigenvalue weighted by molar-refractivity contribution is 7.91. The van der Waals surface area contributed by atoms with Crippen LogP contribution >= 0.6 is 0 Å². The van der Waals surface area contributed by atoms with Crippen LogP contribution in [0.15, 0.2) is 9.64 Å². The molecule has 0 unspecified atom stereocenters. The van der Waals surface area contributed by atoms with Gasteiger partial charge in [0.2, 0.25) is 9.84 Å². The molecule has 1 N–H and O–H groups in total. The first kappa shape index (κ1) is 13.8. The Morgan fingerprint density at radius 3 is 2.55 bits per heavy atom. The molecule has 8 nitrogen and oxygen atoms in total. The standard InChI is InChI=1S/C11H18N4O4S/c16-20(17,9-1-3-12-4-2-9)11-14-13-10(19-11)15-5-7-18-8-6-15/h9,12H,1-8H2. The van der Waals surface area contributed by atoms with Crippen molar-refractivity contribution in [2.45, 2.75) is 23.3 Å². The minimum Gasteiger partial charge on any atom is -0.394 e. The molecule has 0 atom stereocenters. The number of sulfone groups is 1. The minimum absolute atomic E-state index is 0.258. The highest BCUT2D eigenvalue weighted by Crippen LogP contribution is 2.24. The quantitative estimate of drug-likeness (QED) is 0.793. The molecule has 0 aliphatic carbocycles. The normalized spacial score (nSPS) is 22.1. The summed E-state index contributed by atoms with van der Waals surface area (Å²) in [6, 6.07) is 0.265. The number of rotatable bonds is 3. The zero-order chi connectivity index (χ0) is 14.0. The predicted molar refractivity (Wildman–Crippen MR) is 70.4 cm³/mol. The van der Waals surface area contributed by atoms with Crippen LogP contribution < -0.4 is 10.2 Å². The number of hydrogen-bond acceptors (Lipinski definition) is 8. The second-order valence-electron chi connectivity index (χ2n) is 4.94. The first-order valence-electron chi connectivity index (χ1n) is 6.79. The van der Waals surface area contributed by atoms with Gasteiger partial charge in [0.15, 0.2) is 0 Å². The second-order valence-corrected chi connectivity index (χ2v) is 7.05. The second kappa shape index (κ2) is 5.66. The molecular formula is C11H18N4O4S. The van der Waals surface area contributed by atoms with Crippen LogP contribution in [0.3, 0.4) is 0 Å². The Hall–Kier alpha value is -1.19. The molecule has 2 aliphatic heterocycles. The monoisotopic (exact) mass is 302 g/mol. The Bertz CT molecular complexity index is 547. The van der Waals surface area contributed by atoms with Gasteiger partial charge in [0.25, 0.3) is 0 Å². The third-order valence-electron chi connectivity index (χ3n) is 3.65. The lowest BCUT2D eigenvalue weighted by Crippen LogP contribution is -2.36. The van der Waals surface area contributed by atoms with Crippen molar-refractivity contribution < 1.29 is 17.6 Å². The summed E-state index contributed by atoms with van der Waals surface area (Å²) in [5, 5.41) is 10.0. The Labute approximate surface area is 117 Å². The van der Waals surface area contributed by atoms with Crippen LogP contribution in [0.2, 0.25) is 0 Å². The molecule has 0 amide bonds. The van der Waals surface area contributed by atoms with Crippen LogP contribution in [-0.2, 0) is 14.6 Å². The maximum Gasteiger partial charge on any atom is 0.337 e. The summed E-state index contributed by atoms with van der Waals surface area (Å²) in [4.78, 5) is 1.85. The molecule has 0 aromatic carbocycles. The number of aromatic nitrogens is 2. The lowest BCUT2D eigenvalue weighted by atomic mass is 10.2. The fourth-order valence-corrected chi connectivity index (χ4v) is 3.94. The van der Waals surface area contributed by atoms with Gasteiger partial charge in [-0.1, -0.05) is 10.2 Å².